The molecule has 6 nitrogen and oxygen atoms in total. The average Bonchev–Trinajstić information content (AvgIpc) is 2.74. The second-order valence-corrected chi connectivity index (χ2v) is 7.97. The lowest BCUT2D eigenvalue weighted by molar-refractivity contribution is 0.215. The summed E-state index contributed by atoms with van der Waals surface area (Å²) in [5.41, 5.74) is 4.35. The normalized spacial score (nSPS) is 14.6. The Bertz CT molecular complexity index is 1100. The molecule has 1 fully saturated rings. The Balaban J connectivity index is 1.58. The van der Waals surface area contributed by atoms with Crippen molar-refractivity contribution in [3.05, 3.63) is 64.1 Å². The molecule has 0 amide bonds. The molecule has 1 aliphatic heterocycles. The van der Waals surface area contributed by atoms with Crippen LogP contribution in [0.5, 0.6) is 11.5 Å². The fourth-order valence-corrected chi connectivity index (χ4v) is 3.86. The standard InChI is InChI=1S/C24H27N3O3/c1-15-12-19(30-14-17-7-9-25-10-8-17)4-5-20(15)22-13-21(26-24(29)27-22)18-3-6-23(28)16(2)11-18/h3-6,11-13,17,25,28H,7-10,14H2,1-2H3,(H,26,27,29). The number of phenolic OH excluding ortho intramolecular Hbond substituents is 1. The van der Waals surface area contributed by atoms with Gasteiger partial charge in [0.1, 0.15) is 11.5 Å². The SMILES string of the molecule is Cc1cc(-c2cc(-c3ccc(OCC4CCNCC4)cc3C)[nH]c(=O)n2)ccc1O. The van der Waals surface area contributed by atoms with Crippen molar-refractivity contribution in [2.45, 2.75) is 26.7 Å². The molecule has 6 heteroatoms. The van der Waals surface area contributed by atoms with E-state index in [0.717, 1.165) is 60.5 Å². The minimum Gasteiger partial charge on any atom is -0.508 e. The van der Waals surface area contributed by atoms with E-state index in [-0.39, 0.29) is 5.75 Å². The fourth-order valence-electron chi connectivity index (χ4n) is 3.86. The van der Waals surface area contributed by atoms with Gasteiger partial charge in [-0.25, -0.2) is 4.79 Å². The number of aromatic hydroxyl groups is 1. The Morgan fingerprint density at radius 2 is 1.87 bits per heavy atom. The number of hydrogen-bond donors (Lipinski definition) is 3. The zero-order valence-corrected chi connectivity index (χ0v) is 17.4. The maximum atomic E-state index is 12.2. The summed E-state index contributed by atoms with van der Waals surface area (Å²) in [6, 6.07) is 13.0. The smallest absolute Gasteiger partial charge is 0.345 e. The van der Waals surface area contributed by atoms with E-state index < -0.39 is 5.69 Å². The number of rotatable bonds is 5. The summed E-state index contributed by atoms with van der Waals surface area (Å²) in [4.78, 5) is 19.2. The van der Waals surface area contributed by atoms with Crippen LogP contribution >= 0.6 is 0 Å². The van der Waals surface area contributed by atoms with Crippen LogP contribution in [0.3, 0.4) is 0 Å². The molecule has 3 N–H and O–H groups in total. The molecule has 3 aromatic rings. The van der Waals surface area contributed by atoms with Crippen LogP contribution in [0, 0.1) is 19.8 Å². The highest BCUT2D eigenvalue weighted by Gasteiger charge is 2.14. The fraction of sp³-hybridized carbons (Fsp3) is 0.333. The molecule has 0 saturated carbocycles. The zero-order valence-electron chi connectivity index (χ0n) is 17.4. The first-order valence-corrected chi connectivity index (χ1v) is 10.4. The molecule has 0 unspecified atom stereocenters. The highest BCUT2D eigenvalue weighted by atomic mass is 16.5. The van der Waals surface area contributed by atoms with Crippen molar-refractivity contribution in [2.24, 2.45) is 5.92 Å². The van der Waals surface area contributed by atoms with Gasteiger partial charge in [-0.2, -0.15) is 4.98 Å². The van der Waals surface area contributed by atoms with E-state index in [0.29, 0.717) is 17.3 Å². The number of hydrogen-bond acceptors (Lipinski definition) is 5. The van der Waals surface area contributed by atoms with E-state index in [9.17, 15) is 9.90 Å². The Kier molecular flexibility index (Phi) is 5.86. The van der Waals surface area contributed by atoms with E-state index in [4.69, 9.17) is 4.74 Å². The van der Waals surface area contributed by atoms with Gasteiger partial charge in [-0.3, -0.25) is 0 Å². The van der Waals surface area contributed by atoms with Crippen molar-refractivity contribution in [1.29, 1.82) is 0 Å². The van der Waals surface area contributed by atoms with E-state index in [1.54, 1.807) is 12.1 Å². The molecule has 30 heavy (non-hydrogen) atoms. The van der Waals surface area contributed by atoms with Gasteiger partial charge in [0, 0.05) is 11.1 Å². The van der Waals surface area contributed by atoms with Crippen LogP contribution < -0.4 is 15.7 Å². The maximum absolute atomic E-state index is 12.2. The van der Waals surface area contributed by atoms with Gasteiger partial charge in [0.15, 0.2) is 0 Å². The lowest BCUT2D eigenvalue weighted by Crippen LogP contribution is -2.30. The molecular weight excluding hydrogens is 378 g/mol. The zero-order chi connectivity index (χ0) is 21.1. The molecule has 0 spiro atoms. The van der Waals surface area contributed by atoms with Gasteiger partial charge in [-0.1, -0.05) is 0 Å². The van der Waals surface area contributed by atoms with Crippen LogP contribution in [0.25, 0.3) is 22.5 Å². The van der Waals surface area contributed by atoms with Crippen LogP contribution in [-0.2, 0) is 0 Å². The Morgan fingerprint density at radius 1 is 1.07 bits per heavy atom. The highest BCUT2D eigenvalue weighted by Crippen LogP contribution is 2.29. The number of aromatic amines is 1. The first-order chi connectivity index (χ1) is 14.5. The Labute approximate surface area is 176 Å². The summed E-state index contributed by atoms with van der Waals surface area (Å²) in [7, 11) is 0. The average molecular weight is 405 g/mol. The van der Waals surface area contributed by atoms with Crippen LogP contribution in [0.15, 0.2) is 47.3 Å². The number of piperidine rings is 1. The molecule has 1 saturated heterocycles. The van der Waals surface area contributed by atoms with Crippen molar-refractivity contribution >= 4 is 0 Å². The predicted octanol–water partition coefficient (Wildman–Crippen LogP) is 3.80. The summed E-state index contributed by atoms with van der Waals surface area (Å²) >= 11 is 0. The molecule has 0 atom stereocenters. The molecule has 2 aromatic carbocycles. The highest BCUT2D eigenvalue weighted by molar-refractivity contribution is 5.70. The van der Waals surface area contributed by atoms with Crippen molar-refractivity contribution in [3.63, 3.8) is 0 Å². The van der Waals surface area contributed by atoms with E-state index in [2.05, 4.69) is 15.3 Å². The second kappa shape index (κ2) is 8.71. The first-order valence-electron chi connectivity index (χ1n) is 10.4. The second-order valence-electron chi connectivity index (χ2n) is 7.97. The van der Waals surface area contributed by atoms with Crippen LogP contribution in [0.4, 0.5) is 0 Å². The summed E-state index contributed by atoms with van der Waals surface area (Å²) in [6.07, 6.45) is 2.30. The largest absolute Gasteiger partial charge is 0.508 e. The van der Waals surface area contributed by atoms with Gasteiger partial charge in [0.05, 0.1) is 18.0 Å². The number of aryl methyl sites for hydroxylation is 2. The Hall–Kier alpha value is -3.12. The van der Waals surface area contributed by atoms with Crippen molar-refractivity contribution in [1.82, 2.24) is 15.3 Å². The summed E-state index contributed by atoms with van der Waals surface area (Å²) in [5, 5.41) is 13.1. The first kappa shape index (κ1) is 20.2. The van der Waals surface area contributed by atoms with Crippen LogP contribution in [-0.4, -0.2) is 34.8 Å². The molecule has 0 aliphatic carbocycles. The molecule has 0 radical (unpaired) electrons. The Morgan fingerprint density at radius 3 is 2.60 bits per heavy atom. The van der Waals surface area contributed by atoms with Gasteiger partial charge in [0.2, 0.25) is 0 Å². The summed E-state index contributed by atoms with van der Waals surface area (Å²) in [5.74, 6) is 1.67. The van der Waals surface area contributed by atoms with Gasteiger partial charge in [-0.05, 0) is 99.3 Å². The molecule has 156 valence electrons. The number of ether oxygens (including phenoxy) is 1. The van der Waals surface area contributed by atoms with Gasteiger partial charge < -0.3 is 20.1 Å². The number of benzene rings is 2. The van der Waals surface area contributed by atoms with Crippen molar-refractivity contribution in [3.8, 4) is 34.0 Å². The minimum absolute atomic E-state index is 0.222. The monoisotopic (exact) mass is 405 g/mol. The number of H-pyrrole nitrogens is 1. The summed E-state index contributed by atoms with van der Waals surface area (Å²) < 4.78 is 6.02. The third-order valence-electron chi connectivity index (χ3n) is 5.67. The topological polar surface area (TPSA) is 87.2 Å². The van der Waals surface area contributed by atoms with Gasteiger partial charge in [-0.15, -0.1) is 0 Å². The lowest BCUT2D eigenvalue weighted by Gasteiger charge is -2.22. The number of nitrogens with zero attached hydrogens (tertiary/aromatic N) is 1. The molecular formula is C24H27N3O3. The molecule has 4 rings (SSSR count). The van der Waals surface area contributed by atoms with E-state index in [1.807, 2.05) is 44.2 Å². The van der Waals surface area contributed by atoms with Crippen LogP contribution in [0.2, 0.25) is 0 Å². The third kappa shape index (κ3) is 4.54. The van der Waals surface area contributed by atoms with Crippen molar-refractivity contribution < 1.29 is 9.84 Å². The maximum Gasteiger partial charge on any atom is 0.345 e. The third-order valence-corrected chi connectivity index (χ3v) is 5.67. The quantitative estimate of drug-likeness (QED) is 0.601. The molecule has 0 bridgehead atoms. The van der Waals surface area contributed by atoms with E-state index >= 15 is 0 Å². The predicted molar refractivity (Wildman–Crippen MR) is 118 cm³/mol. The minimum atomic E-state index is -0.404. The van der Waals surface area contributed by atoms with E-state index in [1.165, 1.54) is 0 Å². The van der Waals surface area contributed by atoms with Crippen molar-refractivity contribution in [2.75, 3.05) is 19.7 Å². The van der Waals surface area contributed by atoms with Gasteiger partial charge >= 0.3 is 5.69 Å². The lowest BCUT2D eigenvalue weighted by atomic mass is 9.99. The number of phenols is 1. The van der Waals surface area contributed by atoms with Crippen LogP contribution in [0.1, 0.15) is 24.0 Å². The summed E-state index contributed by atoms with van der Waals surface area (Å²) in [6.45, 7) is 6.68. The molecule has 2 heterocycles. The molecule has 1 aromatic heterocycles. The number of nitrogens with one attached hydrogen (secondary N) is 2. The van der Waals surface area contributed by atoms with Gasteiger partial charge in [0.25, 0.3) is 0 Å². The molecule has 1 aliphatic rings. The number of aromatic nitrogens is 2.